The second kappa shape index (κ2) is 6.16. The van der Waals surface area contributed by atoms with E-state index in [0.29, 0.717) is 5.69 Å². The van der Waals surface area contributed by atoms with Crippen molar-refractivity contribution in [2.24, 2.45) is 0 Å². The maximum atomic E-state index is 13.7. The predicted molar refractivity (Wildman–Crippen MR) is 79.8 cm³/mol. The molecule has 0 atom stereocenters. The number of piperazine rings is 1. The van der Waals surface area contributed by atoms with Gasteiger partial charge in [0.25, 0.3) is 0 Å². The van der Waals surface area contributed by atoms with E-state index in [1.165, 1.54) is 6.07 Å². The zero-order valence-electron chi connectivity index (χ0n) is 12.4. The van der Waals surface area contributed by atoms with Gasteiger partial charge in [0.15, 0.2) is 0 Å². The molecule has 2 aromatic rings. The molecule has 2 heterocycles. The number of anilines is 1. The molecule has 22 heavy (non-hydrogen) atoms. The molecule has 0 bridgehead atoms. The molecular formula is C16H17FN4O. The Bertz CT molecular complexity index is 698. The van der Waals surface area contributed by atoms with Crippen molar-refractivity contribution in [2.75, 3.05) is 31.1 Å². The monoisotopic (exact) mass is 300 g/mol. The standard InChI is InChI=1S/C16H17FN4O/c1-12-9-13(19-22-12)11-20-5-7-21(8-6-20)16-4-2-3-15(17)14(16)10-18/h2-4,9H,5-8,11H2,1H3. The molecule has 1 saturated heterocycles. The van der Waals surface area contributed by atoms with Crippen molar-refractivity contribution in [3.63, 3.8) is 0 Å². The molecule has 1 aliphatic heterocycles. The first-order valence-corrected chi connectivity index (χ1v) is 7.25. The highest BCUT2D eigenvalue weighted by atomic mass is 19.1. The third-order valence-corrected chi connectivity index (χ3v) is 3.88. The van der Waals surface area contributed by atoms with Crippen molar-refractivity contribution < 1.29 is 8.91 Å². The van der Waals surface area contributed by atoms with Gasteiger partial charge in [-0.05, 0) is 19.1 Å². The van der Waals surface area contributed by atoms with E-state index in [-0.39, 0.29) is 5.56 Å². The lowest BCUT2D eigenvalue weighted by atomic mass is 10.1. The van der Waals surface area contributed by atoms with Crippen LogP contribution in [0.3, 0.4) is 0 Å². The Morgan fingerprint density at radius 3 is 2.73 bits per heavy atom. The smallest absolute Gasteiger partial charge is 0.143 e. The number of aromatic nitrogens is 1. The van der Waals surface area contributed by atoms with E-state index >= 15 is 0 Å². The molecule has 3 rings (SSSR count). The number of benzene rings is 1. The predicted octanol–water partition coefficient (Wildman–Crippen LogP) is 2.32. The SMILES string of the molecule is Cc1cc(CN2CCN(c3cccc(F)c3C#N)CC2)no1. The molecule has 0 unspecified atom stereocenters. The summed E-state index contributed by atoms with van der Waals surface area (Å²) >= 11 is 0. The Kier molecular flexibility index (Phi) is 4.07. The lowest BCUT2D eigenvalue weighted by molar-refractivity contribution is 0.241. The fraction of sp³-hybridized carbons (Fsp3) is 0.375. The minimum atomic E-state index is -0.458. The highest BCUT2D eigenvalue weighted by Crippen LogP contribution is 2.24. The maximum Gasteiger partial charge on any atom is 0.143 e. The molecule has 5 nitrogen and oxygen atoms in total. The van der Waals surface area contributed by atoms with Crippen molar-refractivity contribution in [1.29, 1.82) is 5.26 Å². The number of hydrogen-bond donors (Lipinski definition) is 0. The van der Waals surface area contributed by atoms with Crippen LogP contribution in [-0.2, 0) is 6.54 Å². The molecule has 0 amide bonds. The number of rotatable bonds is 3. The fourth-order valence-corrected chi connectivity index (χ4v) is 2.76. The third-order valence-electron chi connectivity index (χ3n) is 3.88. The van der Waals surface area contributed by atoms with Crippen molar-refractivity contribution in [3.8, 4) is 6.07 Å². The zero-order valence-corrected chi connectivity index (χ0v) is 12.4. The molecule has 1 aromatic carbocycles. The number of hydrogen-bond acceptors (Lipinski definition) is 5. The zero-order chi connectivity index (χ0) is 15.5. The lowest BCUT2D eigenvalue weighted by Gasteiger charge is -2.36. The maximum absolute atomic E-state index is 13.7. The summed E-state index contributed by atoms with van der Waals surface area (Å²) in [5.74, 6) is 0.354. The van der Waals surface area contributed by atoms with Crippen LogP contribution >= 0.6 is 0 Å². The van der Waals surface area contributed by atoms with Gasteiger partial charge in [0.1, 0.15) is 23.2 Å². The first kappa shape index (κ1) is 14.5. The van der Waals surface area contributed by atoms with Gasteiger partial charge < -0.3 is 9.42 Å². The average Bonchev–Trinajstić information content (AvgIpc) is 2.93. The topological polar surface area (TPSA) is 56.3 Å². The minimum Gasteiger partial charge on any atom is -0.368 e. The summed E-state index contributed by atoms with van der Waals surface area (Å²) in [5, 5.41) is 13.1. The first-order chi connectivity index (χ1) is 10.7. The molecule has 1 fully saturated rings. The molecular weight excluding hydrogens is 283 g/mol. The average molecular weight is 300 g/mol. The van der Waals surface area contributed by atoms with Crippen molar-refractivity contribution in [2.45, 2.75) is 13.5 Å². The molecule has 0 spiro atoms. The van der Waals surface area contributed by atoms with E-state index in [9.17, 15) is 4.39 Å². The Balaban J connectivity index is 1.65. The number of aryl methyl sites for hydroxylation is 1. The summed E-state index contributed by atoms with van der Waals surface area (Å²) in [4.78, 5) is 4.34. The van der Waals surface area contributed by atoms with Crippen LogP contribution in [0.25, 0.3) is 0 Å². The Hall–Kier alpha value is -2.39. The lowest BCUT2D eigenvalue weighted by Crippen LogP contribution is -2.46. The minimum absolute atomic E-state index is 0.128. The van der Waals surface area contributed by atoms with Crippen LogP contribution in [0.1, 0.15) is 17.0 Å². The highest BCUT2D eigenvalue weighted by Gasteiger charge is 2.21. The van der Waals surface area contributed by atoms with Gasteiger partial charge in [-0.25, -0.2) is 4.39 Å². The van der Waals surface area contributed by atoms with Gasteiger partial charge in [0.05, 0.1) is 11.4 Å². The van der Waals surface area contributed by atoms with Gasteiger partial charge in [-0.15, -0.1) is 0 Å². The number of halogens is 1. The van der Waals surface area contributed by atoms with Gasteiger partial charge in [-0.1, -0.05) is 11.2 Å². The Morgan fingerprint density at radius 2 is 2.09 bits per heavy atom. The van der Waals surface area contributed by atoms with Gasteiger partial charge in [0.2, 0.25) is 0 Å². The second-order valence-corrected chi connectivity index (χ2v) is 5.44. The normalized spacial score (nSPS) is 15.8. The second-order valence-electron chi connectivity index (χ2n) is 5.44. The summed E-state index contributed by atoms with van der Waals surface area (Å²) in [7, 11) is 0. The first-order valence-electron chi connectivity index (χ1n) is 7.25. The van der Waals surface area contributed by atoms with Gasteiger partial charge in [-0.2, -0.15) is 5.26 Å². The van der Waals surface area contributed by atoms with Crippen molar-refractivity contribution in [1.82, 2.24) is 10.1 Å². The molecule has 1 aromatic heterocycles. The molecule has 0 radical (unpaired) electrons. The largest absolute Gasteiger partial charge is 0.368 e. The summed E-state index contributed by atoms with van der Waals surface area (Å²) in [5.41, 5.74) is 1.73. The number of nitriles is 1. The van der Waals surface area contributed by atoms with Gasteiger partial charge in [-0.3, -0.25) is 4.90 Å². The van der Waals surface area contributed by atoms with Crippen LogP contribution in [0.2, 0.25) is 0 Å². The number of nitrogens with zero attached hydrogens (tertiary/aromatic N) is 4. The molecule has 0 N–H and O–H groups in total. The molecule has 1 aliphatic rings. The Morgan fingerprint density at radius 1 is 1.32 bits per heavy atom. The molecule has 114 valence electrons. The van der Waals surface area contributed by atoms with Crippen LogP contribution < -0.4 is 4.90 Å². The van der Waals surface area contributed by atoms with Gasteiger partial charge >= 0.3 is 0 Å². The van der Waals surface area contributed by atoms with E-state index in [0.717, 1.165) is 44.2 Å². The van der Waals surface area contributed by atoms with Crippen molar-refractivity contribution in [3.05, 3.63) is 47.1 Å². The summed E-state index contributed by atoms with van der Waals surface area (Å²) in [6.07, 6.45) is 0. The Labute approximate surface area is 128 Å². The summed E-state index contributed by atoms with van der Waals surface area (Å²) in [6.45, 7) is 5.83. The van der Waals surface area contributed by atoms with Crippen molar-refractivity contribution >= 4 is 5.69 Å². The van der Waals surface area contributed by atoms with Crippen LogP contribution in [0.15, 0.2) is 28.8 Å². The van der Waals surface area contributed by atoms with Gasteiger partial charge in [0, 0.05) is 38.8 Å². The van der Waals surface area contributed by atoms with E-state index < -0.39 is 5.82 Å². The van der Waals surface area contributed by atoms with Crippen LogP contribution in [0.5, 0.6) is 0 Å². The molecule has 0 aliphatic carbocycles. The van der Waals surface area contributed by atoms with Crippen LogP contribution in [-0.4, -0.2) is 36.2 Å². The fourth-order valence-electron chi connectivity index (χ4n) is 2.76. The molecule has 0 saturated carbocycles. The van der Waals surface area contributed by atoms with E-state index in [1.54, 1.807) is 12.1 Å². The third kappa shape index (κ3) is 2.95. The van der Waals surface area contributed by atoms with Crippen LogP contribution in [0, 0.1) is 24.1 Å². The van der Waals surface area contributed by atoms with E-state index in [1.807, 2.05) is 19.1 Å². The molecule has 6 heteroatoms. The van der Waals surface area contributed by atoms with Crippen LogP contribution in [0.4, 0.5) is 10.1 Å². The summed E-state index contributed by atoms with van der Waals surface area (Å²) < 4.78 is 18.8. The van der Waals surface area contributed by atoms with E-state index in [4.69, 9.17) is 9.78 Å². The van der Waals surface area contributed by atoms with E-state index in [2.05, 4.69) is 15.0 Å². The quantitative estimate of drug-likeness (QED) is 0.870. The summed E-state index contributed by atoms with van der Waals surface area (Å²) in [6, 6.07) is 8.68. The highest BCUT2D eigenvalue weighted by molar-refractivity contribution is 5.60.